The highest BCUT2D eigenvalue weighted by molar-refractivity contribution is 5.26. The molecule has 0 bridgehead atoms. The van der Waals surface area contributed by atoms with Gasteiger partial charge in [0.25, 0.3) is 0 Å². The van der Waals surface area contributed by atoms with Crippen molar-refractivity contribution in [3.63, 3.8) is 0 Å². The Morgan fingerprint density at radius 3 is 2.44 bits per heavy atom. The molecule has 246 valence electrons. The molecule has 0 aromatic heterocycles. The van der Waals surface area contributed by atoms with E-state index < -0.39 is 42.9 Å². The van der Waals surface area contributed by atoms with E-state index >= 15 is 0 Å². The minimum atomic E-state index is -1.43. The van der Waals surface area contributed by atoms with Gasteiger partial charge in [-0.1, -0.05) is 32.4 Å². The maximum Gasteiger partial charge on any atom is 0.186 e. The molecule has 0 spiro atoms. The summed E-state index contributed by atoms with van der Waals surface area (Å²) in [5, 5.41) is 62.7. The van der Waals surface area contributed by atoms with Gasteiger partial charge in [0.15, 0.2) is 6.29 Å². The minimum Gasteiger partial charge on any atom is -0.394 e. The number of fused-ring (bicyclic) bond motifs is 5. The number of ether oxygens (including phenoxy) is 2. The molecule has 6 aliphatic rings. The topological polar surface area (TPSA) is 143 Å². The monoisotopic (exact) mass is 607 g/mol. The fourth-order valence-corrected chi connectivity index (χ4v) is 11.4. The molecule has 4 aliphatic carbocycles. The smallest absolute Gasteiger partial charge is 0.186 e. The van der Waals surface area contributed by atoms with E-state index in [4.69, 9.17) is 9.47 Å². The Balaban J connectivity index is 1.15. The Kier molecular flexibility index (Phi) is 8.69. The summed E-state index contributed by atoms with van der Waals surface area (Å²) in [5.74, 6) is 2.22. The Morgan fingerprint density at radius 2 is 1.74 bits per heavy atom. The third-order valence-electron chi connectivity index (χ3n) is 13.7. The number of hydrogen-bond acceptors (Lipinski definition) is 9. The fourth-order valence-electron chi connectivity index (χ4n) is 11.4. The second-order valence-electron chi connectivity index (χ2n) is 16.2. The predicted octanol–water partition coefficient (Wildman–Crippen LogP) is 2.20. The lowest BCUT2D eigenvalue weighted by atomic mass is 9.46. The Hall–Kier alpha value is -0.620. The van der Waals surface area contributed by atoms with Crippen LogP contribution in [0.1, 0.15) is 85.5 Å². The summed E-state index contributed by atoms with van der Waals surface area (Å²) < 4.78 is 11.8. The van der Waals surface area contributed by atoms with Crippen molar-refractivity contribution in [3.8, 4) is 0 Å². The van der Waals surface area contributed by atoms with Gasteiger partial charge in [-0.05, 0) is 112 Å². The highest BCUT2D eigenvalue weighted by Crippen LogP contribution is 2.67. The second kappa shape index (κ2) is 11.6. The molecule has 9 heteroatoms. The van der Waals surface area contributed by atoms with Crippen LogP contribution in [0.5, 0.6) is 0 Å². The van der Waals surface area contributed by atoms with Gasteiger partial charge in [-0.15, -0.1) is 0 Å². The molecule has 2 aliphatic heterocycles. The van der Waals surface area contributed by atoms with Crippen molar-refractivity contribution in [2.45, 2.75) is 140 Å². The quantitative estimate of drug-likeness (QED) is 0.259. The van der Waals surface area contributed by atoms with Gasteiger partial charge in [0.2, 0.25) is 0 Å². The van der Waals surface area contributed by atoms with Gasteiger partial charge < -0.3 is 45.0 Å². The number of likely N-dealkylation sites (N-methyl/N-ethyl adjacent to an activating group) is 1. The normalized spacial score (nSPS) is 54.7. The molecule has 6 N–H and O–H groups in total. The average Bonchev–Trinajstić information content (AvgIpc) is 3.22. The van der Waals surface area contributed by atoms with Crippen LogP contribution in [0, 0.1) is 40.4 Å². The predicted molar refractivity (Wildman–Crippen MR) is 161 cm³/mol. The van der Waals surface area contributed by atoms with Crippen LogP contribution in [0.2, 0.25) is 0 Å². The van der Waals surface area contributed by atoms with Gasteiger partial charge in [-0.25, -0.2) is 0 Å². The molecule has 0 unspecified atom stereocenters. The lowest BCUT2D eigenvalue weighted by Gasteiger charge is -2.59. The molecule has 0 aromatic carbocycles. The molecule has 43 heavy (non-hydrogen) atoms. The molecule has 0 amide bonds. The number of aliphatic hydroxyl groups excluding tert-OH is 5. The van der Waals surface area contributed by atoms with Gasteiger partial charge in [-0.2, -0.15) is 0 Å². The largest absolute Gasteiger partial charge is 0.394 e. The van der Waals surface area contributed by atoms with Crippen molar-refractivity contribution in [1.29, 1.82) is 0 Å². The molecule has 9 nitrogen and oxygen atoms in total. The first-order valence-electron chi connectivity index (χ1n) is 17.0. The van der Waals surface area contributed by atoms with E-state index in [-0.39, 0.29) is 29.0 Å². The van der Waals surface area contributed by atoms with Gasteiger partial charge in [0, 0.05) is 12.6 Å². The summed E-state index contributed by atoms with van der Waals surface area (Å²) in [5.41, 5.74) is 0.956. The highest BCUT2D eigenvalue weighted by atomic mass is 16.7. The van der Waals surface area contributed by atoms with Crippen molar-refractivity contribution < 1.29 is 40.1 Å². The molecular weight excluding hydrogens is 550 g/mol. The van der Waals surface area contributed by atoms with Gasteiger partial charge in [-0.3, -0.25) is 0 Å². The summed E-state index contributed by atoms with van der Waals surface area (Å²) in [6.45, 7) is 9.41. The minimum absolute atomic E-state index is 0.0727. The average molecular weight is 608 g/mol. The van der Waals surface area contributed by atoms with Crippen LogP contribution in [0.15, 0.2) is 11.6 Å². The summed E-state index contributed by atoms with van der Waals surface area (Å²) in [7, 11) is 2.14. The molecule has 5 fully saturated rings. The van der Waals surface area contributed by atoms with E-state index in [0.717, 1.165) is 57.8 Å². The van der Waals surface area contributed by atoms with Gasteiger partial charge in [0.1, 0.15) is 24.4 Å². The van der Waals surface area contributed by atoms with Crippen LogP contribution < -0.4 is 0 Å². The molecule has 3 saturated carbocycles. The van der Waals surface area contributed by atoms with E-state index in [1.807, 2.05) is 6.92 Å². The van der Waals surface area contributed by atoms with Crippen molar-refractivity contribution in [2.24, 2.45) is 40.4 Å². The molecule has 6 rings (SSSR count). The first kappa shape index (κ1) is 32.3. The van der Waals surface area contributed by atoms with Crippen molar-refractivity contribution in [2.75, 3.05) is 20.2 Å². The molecule has 2 saturated heterocycles. The van der Waals surface area contributed by atoms with E-state index in [1.165, 1.54) is 5.57 Å². The van der Waals surface area contributed by atoms with Crippen LogP contribution in [-0.2, 0) is 9.47 Å². The van der Waals surface area contributed by atoms with Crippen LogP contribution >= 0.6 is 0 Å². The van der Waals surface area contributed by atoms with Crippen molar-refractivity contribution in [1.82, 2.24) is 4.90 Å². The maximum atomic E-state index is 11.7. The Morgan fingerprint density at radius 1 is 1.00 bits per heavy atom. The fraction of sp³-hybridized carbons (Fsp3) is 0.941. The van der Waals surface area contributed by atoms with Crippen LogP contribution in [-0.4, -0.2) is 110 Å². The van der Waals surface area contributed by atoms with Gasteiger partial charge >= 0.3 is 0 Å². The Labute approximate surface area is 257 Å². The maximum absolute atomic E-state index is 11.7. The van der Waals surface area contributed by atoms with Crippen LogP contribution in [0.25, 0.3) is 0 Å². The Bertz CT molecular complexity index is 1050. The SMILES string of the molecule is C[C@@H]([C@H]1[C@@H](O)C[C@H]2[C@@H]3CC=C4C[C@@H](O[C@H]5O[C@@H](CO)[C@H](O)[C@@H](O)[C@@H]5O)CC[C@]4(C)[C@H]3CC[C@]12C)[C@H]1CC[C@](C)(O)CN1C. The third kappa shape index (κ3) is 5.36. The summed E-state index contributed by atoms with van der Waals surface area (Å²) in [6, 6.07) is 0.377. The summed E-state index contributed by atoms with van der Waals surface area (Å²) >= 11 is 0. The number of piperidine rings is 1. The third-order valence-corrected chi connectivity index (χ3v) is 13.7. The highest BCUT2D eigenvalue weighted by Gasteiger charge is 2.62. The number of rotatable bonds is 5. The number of nitrogens with zero attached hydrogens (tertiary/aromatic N) is 1. The number of likely N-dealkylation sites (tertiary alicyclic amines) is 1. The number of aliphatic hydroxyl groups is 6. The summed E-state index contributed by atoms with van der Waals surface area (Å²) in [4.78, 5) is 2.34. The molecular formula is C34H57NO8. The van der Waals surface area contributed by atoms with Crippen molar-refractivity contribution >= 4 is 0 Å². The first-order valence-corrected chi connectivity index (χ1v) is 17.0. The number of hydrogen-bond donors (Lipinski definition) is 6. The zero-order chi connectivity index (χ0) is 31.1. The van der Waals surface area contributed by atoms with Crippen molar-refractivity contribution in [3.05, 3.63) is 11.6 Å². The van der Waals surface area contributed by atoms with E-state index in [2.05, 4.69) is 38.8 Å². The standard InChI is InChI=1S/C34H57NO8/c1-18(24-10-11-32(2,41)17-35(24)5)27-25(37)15-23-21-7-6-19-14-20(8-12-33(19,3)22(21)9-13-34(23,27)4)42-31-30(40)29(39)28(38)26(16-36)43-31/h6,18,20-31,36-41H,7-17H2,1-5H3/t18-,20+,21-,22+,23+,24-,25+,26+,27+,28+,29-,30+,31+,32+,33+,34+/m1/s1. The van der Waals surface area contributed by atoms with Gasteiger partial charge in [0.05, 0.1) is 24.4 Å². The van der Waals surface area contributed by atoms with E-state index in [9.17, 15) is 30.6 Å². The molecule has 0 radical (unpaired) electrons. The zero-order valence-corrected chi connectivity index (χ0v) is 26.8. The molecule has 0 aromatic rings. The van der Waals surface area contributed by atoms with Crippen LogP contribution in [0.3, 0.4) is 0 Å². The second-order valence-corrected chi connectivity index (χ2v) is 16.2. The lowest BCUT2D eigenvalue weighted by molar-refractivity contribution is -0.313. The summed E-state index contributed by atoms with van der Waals surface area (Å²) in [6.07, 6.45) is 4.23. The zero-order valence-electron chi connectivity index (χ0n) is 26.8. The first-order chi connectivity index (χ1) is 20.2. The van der Waals surface area contributed by atoms with Crippen LogP contribution in [0.4, 0.5) is 0 Å². The lowest BCUT2D eigenvalue weighted by Crippen LogP contribution is -2.60. The van der Waals surface area contributed by atoms with E-state index in [0.29, 0.717) is 36.3 Å². The molecule has 16 atom stereocenters. The van der Waals surface area contributed by atoms with E-state index in [1.54, 1.807) is 0 Å². The molecule has 2 heterocycles. The number of allylic oxidation sites excluding steroid dienone is 1. The number of β-amino-alcohol motifs (C(OH)–C–C–N with tert-alkyl or cyclic N) is 1.